The van der Waals surface area contributed by atoms with Gasteiger partial charge in [-0.05, 0) is 11.6 Å². The number of aromatic nitrogens is 4. The van der Waals surface area contributed by atoms with Gasteiger partial charge < -0.3 is 24.9 Å². The van der Waals surface area contributed by atoms with Gasteiger partial charge in [0.15, 0.2) is 17.6 Å². The maximum atomic E-state index is 11.3. The number of hydrogen-bond donors (Lipinski definition) is 2. The normalized spacial score (nSPS) is 24.8. The number of aliphatic hydroxyl groups is 1. The summed E-state index contributed by atoms with van der Waals surface area (Å²) in [5.74, 6) is -0.300. The van der Waals surface area contributed by atoms with Crippen LogP contribution in [-0.4, -0.2) is 56.0 Å². The first-order chi connectivity index (χ1) is 10.5. The Balaban J connectivity index is 2.04. The van der Waals surface area contributed by atoms with E-state index in [0.717, 1.165) is 0 Å². The molecule has 9 nitrogen and oxygen atoms in total. The van der Waals surface area contributed by atoms with Crippen LogP contribution in [0.5, 0.6) is 0 Å². The standard InChI is InChI=1S/C12H14ClN5O4/c1-5(20)22-9-6(3-21-7(9)2-19)18-4-15-8-10(14)16-12(13)17-11(8)18/h4,6-7,9,19H,2-3H2,1H3,(H2,14,16,17)/t6?,7-,9-/m1/s1. The first-order valence-corrected chi connectivity index (χ1v) is 6.94. The predicted molar refractivity (Wildman–Crippen MR) is 76.2 cm³/mol. The van der Waals surface area contributed by atoms with Gasteiger partial charge in [0.1, 0.15) is 11.6 Å². The smallest absolute Gasteiger partial charge is 0.303 e. The lowest BCUT2D eigenvalue weighted by Gasteiger charge is -2.22. The monoisotopic (exact) mass is 327 g/mol. The number of fused-ring (bicyclic) bond motifs is 1. The summed E-state index contributed by atoms with van der Waals surface area (Å²) in [5, 5.41) is 9.35. The molecule has 3 atom stereocenters. The molecule has 1 unspecified atom stereocenters. The second kappa shape index (κ2) is 5.67. The lowest BCUT2D eigenvalue weighted by Crippen LogP contribution is -2.35. The van der Waals surface area contributed by atoms with Gasteiger partial charge in [0.05, 0.1) is 25.6 Å². The van der Waals surface area contributed by atoms with E-state index in [0.29, 0.717) is 11.2 Å². The number of ether oxygens (including phenoxy) is 2. The summed E-state index contributed by atoms with van der Waals surface area (Å²) in [6.07, 6.45) is 0.243. The molecule has 1 aliphatic rings. The molecule has 0 aliphatic carbocycles. The fourth-order valence-electron chi connectivity index (χ4n) is 2.55. The number of halogens is 1. The van der Waals surface area contributed by atoms with Crippen molar-refractivity contribution in [3.05, 3.63) is 11.6 Å². The maximum Gasteiger partial charge on any atom is 0.303 e. The summed E-state index contributed by atoms with van der Waals surface area (Å²) >= 11 is 5.84. The summed E-state index contributed by atoms with van der Waals surface area (Å²) in [7, 11) is 0. The van der Waals surface area contributed by atoms with Crippen LogP contribution in [0.3, 0.4) is 0 Å². The average molecular weight is 328 g/mol. The van der Waals surface area contributed by atoms with Gasteiger partial charge in [-0.15, -0.1) is 0 Å². The minimum absolute atomic E-state index is 0.00610. The molecule has 10 heteroatoms. The van der Waals surface area contributed by atoms with E-state index in [1.807, 2.05) is 0 Å². The Morgan fingerprint density at radius 2 is 2.41 bits per heavy atom. The summed E-state index contributed by atoms with van der Waals surface area (Å²) < 4.78 is 12.4. The molecule has 0 bridgehead atoms. The highest BCUT2D eigenvalue weighted by atomic mass is 35.5. The molecule has 0 saturated carbocycles. The Morgan fingerprint density at radius 1 is 1.64 bits per heavy atom. The largest absolute Gasteiger partial charge is 0.457 e. The lowest BCUT2D eigenvalue weighted by atomic mass is 10.1. The van der Waals surface area contributed by atoms with Crippen molar-refractivity contribution in [2.45, 2.75) is 25.2 Å². The van der Waals surface area contributed by atoms with Crippen LogP contribution in [0.25, 0.3) is 11.2 Å². The van der Waals surface area contributed by atoms with Gasteiger partial charge in [-0.25, -0.2) is 4.98 Å². The molecule has 0 aromatic carbocycles. The molecule has 3 rings (SSSR count). The zero-order chi connectivity index (χ0) is 15.9. The van der Waals surface area contributed by atoms with Crippen LogP contribution in [0.1, 0.15) is 13.0 Å². The van der Waals surface area contributed by atoms with Gasteiger partial charge >= 0.3 is 5.97 Å². The molecule has 0 spiro atoms. The lowest BCUT2D eigenvalue weighted by molar-refractivity contribution is -0.151. The number of nitrogen functional groups attached to an aromatic ring is 1. The van der Waals surface area contributed by atoms with E-state index in [1.165, 1.54) is 13.3 Å². The number of esters is 1. The highest BCUT2D eigenvalue weighted by Crippen LogP contribution is 2.31. The van der Waals surface area contributed by atoms with Gasteiger partial charge in [0.25, 0.3) is 0 Å². The molecule has 3 N–H and O–H groups in total. The maximum absolute atomic E-state index is 11.3. The third kappa shape index (κ3) is 2.47. The fourth-order valence-corrected chi connectivity index (χ4v) is 2.73. The molecule has 1 aliphatic heterocycles. The van der Waals surface area contributed by atoms with Crippen molar-refractivity contribution in [1.82, 2.24) is 19.5 Å². The van der Waals surface area contributed by atoms with Crippen LogP contribution in [0, 0.1) is 0 Å². The minimum Gasteiger partial charge on any atom is -0.457 e. The van der Waals surface area contributed by atoms with Gasteiger partial charge in [-0.2, -0.15) is 9.97 Å². The number of imidazole rings is 1. The summed E-state index contributed by atoms with van der Waals surface area (Å²) in [6.45, 7) is 1.27. The fraction of sp³-hybridized carbons (Fsp3) is 0.500. The first-order valence-electron chi connectivity index (χ1n) is 6.56. The van der Waals surface area contributed by atoms with E-state index in [-0.39, 0.29) is 24.3 Å². The predicted octanol–water partition coefficient (Wildman–Crippen LogP) is -0.0742. The quantitative estimate of drug-likeness (QED) is 0.592. The van der Waals surface area contributed by atoms with Crippen molar-refractivity contribution >= 4 is 34.6 Å². The molecule has 1 fully saturated rings. The van der Waals surface area contributed by atoms with Crippen LogP contribution >= 0.6 is 11.6 Å². The van der Waals surface area contributed by atoms with Crippen LogP contribution in [0.2, 0.25) is 5.28 Å². The molecular weight excluding hydrogens is 314 g/mol. The number of hydrogen-bond acceptors (Lipinski definition) is 8. The van der Waals surface area contributed by atoms with E-state index in [2.05, 4.69) is 15.0 Å². The highest BCUT2D eigenvalue weighted by molar-refractivity contribution is 6.28. The van der Waals surface area contributed by atoms with E-state index in [9.17, 15) is 9.90 Å². The van der Waals surface area contributed by atoms with E-state index in [1.54, 1.807) is 4.57 Å². The van der Waals surface area contributed by atoms with Crippen molar-refractivity contribution in [3.8, 4) is 0 Å². The topological polar surface area (TPSA) is 125 Å². The Morgan fingerprint density at radius 3 is 3.09 bits per heavy atom. The summed E-state index contributed by atoms with van der Waals surface area (Å²) in [5.41, 5.74) is 6.59. The molecule has 1 saturated heterocycles. The van der Waals surface area contributed by atoms with Crippen LogP contribution in [-0.2, 0) is 14.3 Å². The van der Waals surface area contributed by atoms with Gasteiger partial charge in [0, 0.05) is 6.92 Å². The zero-order valence-electron chi connectivity index (χ0n) is 11.6. The first kappa shape index (κ1) is 14.9. The second-order valence-corrected chi connectivity index (χ2v) is 5.24. The van der Waals surface area contributed by atoms with Gasteiger partial charge in [-0.1, -0.05) is 0 Å². The Hall–Kier alpha value is -1.97. The van der Waals surface area contributed by atoms with Gasteiger partial charge in [-0.3, -0.25) is 4.79 Å². The Kier molecular flexibility index (Phi) is 3.85. The third-order valence-corrected chi connectivity index (χ3v) is 3.66. The molecule has 0 amide bonds. The SMILES string of the molecule is CC(=O)O[C@@H]1C(n2cnc3c(N)nc(Cl)nc32)CO[C@@H]1CO. The van der Waals surface area contributed by atoms with E-state index < -0.39 is 24.2 Å². The number of nitrogens with zero attached hydrogens (tertiary/aromatic N) is 4. The van der Waals surface area contributed by atoms with Crippen molar-refractivity contribution < 1.29 is 19.4 Å². The molecule has 2 aromatic heterocycles. The number of aliphatic hydroxyl groups excluding tert-OH is 1. The number of nitrogens with two attached hydrogens (primary N) is 1. The molecule has 2 aromatic rings. The van der Waals surface area contributed by atoms with E-state index >= 15 is 0 Å². The second-order valence-electron chi connectivity index (χ2n) is 4.90. The van der Waals surface area contributed by atoms with Crippen LogP contribution in [0.15, 0.2) is 6.33 Å². The van der Waals surface area contributed by atoms with Crippen molar-refractivity contribution in [2.24, 2.45) is 0 Å². The Labute approximate surface area is 130 Å². The summed E-state index contributed by atoms with van der Waals surface area (Å²) in [6, 6.07) is -0.392. The van der Waals surface area contributed by atoms with Crippen LogP contribution < -0.4 is 5.73 Å². The number of carbonyl (C=O) groups is 1. The molecule has 3 heterocycles. The zero-order valence-corrected chi connectivity index (χ0v) is 12.4. The molecular formula is C12H14ClN5O4. The van der Waals surface area contributed by atoms with Gasteiger partial charge in [0.2, 0.25) is 5.28 Å². The molecule has 118 valence electrons. The number of rotatable bonds is 3. The van der Waals surface area contributed by atoms with Crippen molar-refractivity contribution in [1.29, 1.82) is 0 Å². The van der Waals surface area contributed by atoms with Crippen molar-refractivity contribution in [2.75, 3.05) is 18.9 Å². The number of anilines is 1. The number of carbonyl (C=O) groups excluding carboxylic acids is 1. The minimum atomic E-state index is -0.658. The third-order valence-electron chi connectivity index (χ3n) is 3.49. The van der Waals surface area contributed by atoms with Crippen molar-refractivity contribution in [3.63, 3.8) is 0 Å². The van der Waals surface area contributed by atoms with Crippen LogP contribution in [0.4, 0.5) is 5.82 Å². The Bertz CT molecular complexity index is 721. The highest BCUT2D eigenvalue weighted by Gasteiger charge is 2.41. The molecule has 0 radical (unpaired) electrons. The summed E-state index contributed by atoms with van der Waals surface area (Å²) in [4.78, 5) is 23.4. The molecule has 22 heavy (non-hydrogen) atoms. The van der Waals surface area contributed by atoms with E-state index in [4.69, 9.17) is 26.8 Å². The average Bonchev–Trinajstić information content (AvgIpc) is 3.01.